The van der Waals surface area contributed by atoms with Gasteiger partial charge in [0.1, 0.15) is 23.2 Å². The number of carboxylic acids is 1. The summed E-state index contributed by atoms with van der Waals surface area (Å²) < 4.78 is 58.5. The summed E-state index contributed by atoms with van der Waals surface area (Å²) in [5.41, 5.74) is 2.39. The summed E-state index contributed by atoms with van der Waals surface area (Å²) in [6.07, 6.45) is 6.09. The molecule has 14 heteroatoms. The summed E-state index contributed by atoms with van der Waals surface area (Å²) in [5.74, 6) is -5.17. The molecule has 0 spiro atoms. The molecule has 0 radical (unpaired) electrons. The van der Waals surface area contributed by atoms with Crippen molar-refractivity contribution in [3.8, 4) is 22.5 Å². The van der Waals surface area contributed by atoms with Crippen molar-refractivity contribution >= 4 is 38.5 Å². The van der Waals surface area contributed by atoms with Gasteiger partial charge in [0.2, 0.25) is 0 Å². The van der Waals surface area contributed by atoms with Crippen LogP contribution >= 0.6 is 0 Å². The number of aryl methyl sites for hydroxylation is 1. The number of amides is 1. The standard InChI is InChI=1S/C35H26F2N6O5S/c1-20-16-22(11-15-38-20)21-5-8-25(9-6-21)49(47,48)43-24-18-28(36)31(29(37)19-24)34(44)42-30(35(45)46)17-23-7-10-27(33-40-13-3-14-41-33)32-26(23)4-2-12-39-32/h2-16,18-19,30,43H,17H2,1H3,(H,42,44)(H,45,46)/t30-/m0/s1. The number of aromatic nitrogens is 4. The highest BCUT2D eigenvalue weighted by Crippen LogP contribution is 2.29. The Morgan fingerprint density at radius 2 is 1.51 bits per heavy atom. The van der Waals surface area contributed by atoms with Crippen LogP contribution in [-0.2, 0) is 21.2 Å². The Hall–Kier alpha value is -6.15. The van der Waals surface area contributed by atoms with Crippen molar-refractivity contribution in [3.63, 3.8) is 0 Å². The predicted molar refractivity (Wildman–Crippen MR) is 177 cm³/mol. The maximum absolute atomic E-state index is 15.2. The number of nitrogens with zero attached hydrogens (tertiary/aromatic N) is 4. The van der Waals surface area contributed by atoms with Gasteiger partial charge in [-0.05, 0) is 78.2 Å². The van der Waals surface area contributed by atoms with Crippen LogP contribution in [0, 0.1) is 18.6 Å². The third-order valence-corrected chi connectivity index (χ3v) is 9.01. The van der Waals surface area contributed by atoms with Gasteiger partial charge in [0.05, 0.1) is 16.1 Å². The summed E-state index contributed by atoms with van der Waals surface area (Å²) in [6.45, 7) is 1.83. The van der Waals surface area contributed by atoms with Crippen LogP contribution in [0.4, 0.5) is 14.5 Å². The zero-order chi connectivity index (χ0) is 34.7. The van der Waals surface area contributed by atoms with Crippen molar-refractivity contribution in [3.05, 3.63) is 132 Å². The van der Waals surface area contributed by atoms with Crippen LogP contribution in [0.1, 0.15) is 21.6 Å². The van der Waals surface area contributed by atoms with Gasteiger partial charge < -0.3 is 10.4 Å². The number of hydrogen-bond acceptors (Lipinski definition) is 8. The molecule has 3 aromatic heterocycles. The molecule has 49 heavy (non-hydrogen) atoms. The van der Waals surface area contributed by atoms with Gasteiger partial charge in [-0.1, -0.05) is 24.3 Å². The molecule has 0 fully saturated rings. The van der Waals surface area contributed by atoms with Crippen LogP contribution in [0.5, 0.6) is 0 Å². The predicted octanol–water partition coefficient (Wildman–Crippen LogP) is 5.57. The second-order valence-electron chi connectivity index (χ2n) is 10.9. The van der Waals surface area contributed by atoms with Gasteiger partial charge >= 0.3 is 5.97 Å². The van der Waals surface area contributed by atoms with E-state index in [9.17, 15) is 23.1 Å². The van der Waals surface area contributed by atoms with Crippen molar-refractivity contribution < 1.29 is 31.9 Å². The lowest BCUT2D eigenvalue weighted by atomic mass is 9.97. The van der Waals surface area contributed by atoms with Gasteiger partial charge in [0.25, 0.3) is 15.9 Å². The van der Waals surface area contributed by atoms with Crippen molar-refractivity contribution in [2.24, 2.45) is 0 Å². The number of aliphatic carboxylic acids is 1. The lowest BCUT2D eigenvalue weighted by Crippen LogP contribution is -2.43. The zero-order valence-corrected chi connectivity index (χ0v) is 26.4. The molecule has 0 saturated carbocycles. The lowest BCUT2D eigenvalue weighted by Gasteiger charge is -2.17. The first-order chi connectivity index (χ1) is 23.5. The fourth-order valence-electron chi connectivity index (χ4n) is 5.29. The fraction of sp³-hybridized carbons (Fsp3) is 0.0857. The minimum Gasteiger partial charge on any atom is -0.480 e. The van der Waals surface area contributed by atoms with E-state index in [1.807, 2.05) is 13.0 Å². The van der Waals surface area contributed by atoms with E-state index in [4.69, 9.17) is 0 Å². The number of benzene rings is 3. The highest BCUT2D eigenvalue weighted by molar-refractivity contribution is 7.92. The maximum atomic E-state index is 15.2. The van der Waals surface area contributed by atoms with Gasteiger partial charge in [-0.15, -0.1) is 0 Å². The molecule has 3 aromatic carbocycles. The van der Waals surface area contributed by atoms with Crippen LogP contribution in [-0.4, -0.2) is 51.4 Å². The number of carboxylic acid groups (broad SMARTS) is 1. The highest BCUT2D eigenvalue weighted by Gasteiger charge is 2.27. The molecular formula is C35H26F2N6O5S. The maximum Gasteiger partial charge on any atom is 0.326 e. The quantitative estimate of drug-likeness (QED) is 0.168. The Kier molecular flexibility index (Phi) is 9.05. The first-order valence-electron chi connectivity index (χ1n) is 14.7. The van der Waals surface area contributed by atoms with Gasteiger partial charge in [-0.25, -0.2) is 32.0 Å². The molecular weight excluding hydrogens is 654 g/mol. The Balaban J connectivity index is 1.20. The molecule has 0 saturated heterocycles. The van der Waals surface area contributed by atoms with E-state index < -0.39 is 50.8 Å². The summed E-state index contributed by atoms with van der Waals surface area (Å²) in [4.78, 5) is 42.1. The van der Waals surface area contributed by atoms with Crippen molar-refractivity contribution in [2.45, 2.75) is 24.3 Å². The summed E-state index contributed by atoms with van der Waals surface area (Å²) in [7, 11) is -4.28. The molecule has 0 unspecified atom stereocenters. The number of nitrogens with one attached hydrogen (secondary N) is 2. The number of rotatable bonds is 10. The molecule has 0 aliphatic heterocycles. The molecule has 1 atom stereocenters. The summed E-state index contributed by atoms with van der Waals surface area (Å²) >= 11 is 0. The number of carbonyl (C=O) groups excluding carboxylic acids is 1. The average Bonchev–Trinajstić information content (AvgIpc) is 3.08. The largest absolute Gasteiger partial charge is 0.480 e. The van der Waals surface area contributed by atoms with E-state index in [-0.39, 0.29) is 11.3 Å². The smallest absolute Gasteiger partial charge is 0.326 e. The first kappa shape index (κ1) is 32.8. The average molecular weight is 681 g/mol. The van der Waals surface area contributed by atoms with Crippen LogP contribution in [0.15, 0.2) is 109 Å². The van der Waals surface area contributed by atoms with E-state index in [0.29, 0.717) is 40.0 Å². The molecule has 6 rings (SSSR count). The highest BCUT2D eigenvalue weighted by atomic mass is 32.2. The van der Waals surface area contributed by atoms with E-state index >= 15 is 8.78 Å². The minimum absolute atomic E-state index is 0.166. The Morgan fingerprint density at radius 3 is 2.18 bits per heavy atom. The summed E-state index contributed by atoms with van der Waals surface area (Å²) in [5, 5.41) is 12.7. The molecule has 3 heterocycles. The van der Waals surface area contributed by atoms with Crippen molar-refractivity contribution in [1.29, 1.82) is 0 Å². The molecule has 0 aliphatic carbocycles. The summed E-state index contributed by atoms with van der Waals surface area (Å²) in [6, 6.07) is 17.5. The molecule has 0 bridgehead atoms. The number of pyridine rings is 2. The number of sulfonamides is 1. The third kappa shape index (κ3) is 7.09. The Bertz CT molecular complexity index is 2300. The van der Waals surface area contributed by atoms with Gasteiger partial charge in [0, 0.05) is 47.9 Å². The SMILES string of the molecule is Cc1cc(-c2ccc(S(=O)(=O)Nc3cc(F)c(C(=O)N[C@@H](Cc4ccc(-c5ncccn5)c5ncccc45)C(=O)O)c(F)c3)cc2)ccn1. The second kappa shape index (κ2) is 13.5. The topological polar surface area (TPSA) is 164 Å². The fourth-order valence-corrected chi connectivity index (χ4v) is 6.33. The Labute approximate surface area is 278 Å². The number of hydrogen-bond donors (Lipinski definition) is 3. The van der Waals surface area contributed by atoms with Gasteiger partial charge in [-0.2, -0.15) is 0 Å². The van der Waals surface area contributed by atoms with Gasteiger partial charge in [0.15, 0.2) is 5.82 Å². The number of halogens is 2. The van der Waals surface area contributed by atoms with Crippen LogP contribution in [0.25, 0.3) is 33.4 Å². The molecule has 3 N–H and O–H groups in total. The molecule has 246 valence electrons. The van der Waals surface area contributed by atoms with Crippen LogP contribution < -0.4 is 10.0 Å². The van der Waals surface area contributed by atoms with Crippen LogP contribution in [0.2, 0.25) is 0 Å². The molecule has 1 amide bonds. The normalized spacial score (nSPS) is 12.0. The Morgan fingerprint density at radius 1 is 0.816 bits per heavy atom. The molecule has 11 nitrogen and oxygen atoms in total. The molecule has 6 aromatic rings. The monoisotopic (exact) mass is 680 g/mol. The third-order valence-electron chi connectivity index (χ3n) is 7.61. The van der Waals surface area contributed by atoms with E-state index in [0.717, 1.165) is 16.8 Å². The van der Waals surface area contributed by atoms with Gasteiger partial charge in [-0.3, -0.25) is 19.5 Å². The molecule has 0 aliphatic rings. The minimum atomic E-state index is -4.28. The number of carbonyl (C=O) groups is 2. The van der Waals surface area contributed by atoms with Crippen LogP contribution in [0.3, 0.4) is 0 Å². The first-order valence-corrected chi connectivity index (χ1v) is 16.2. The van der Waals surface area contributed by atoms with Crippen molar-refractivity contribution in [1.82, 2.24) is 25.3 Å². The second-order valence-corrected chi connectivity index (χ2v) is 12.6. The van der Waals surface area contributed by atoms with E-state index in [2.05, 4.69) is 30.0 Å². The van der Waals surface area contributed by atoms with E-state index in [1.165, 1.54) is 12.1 Å². The van der Waals surface area contributed by atoms with E-state index in [1.54, 1.807) is 73.3 Å². The number of fused-ring (bicyclic) bond motifs is 1. The van der Waals surface area contributed by atoms with Crippen molar-refractivity contribution in [2.75, 3.05) is 4.72 Å². The number of anilines is 1. The zero-order valence-electron chi connectivity index (χ0n) is 25.6. The lowest BCUT2D eigenvalue weighted by molar-refractivity contribution is -0.139.